The van der Waals surface area contributed by atoms with E-state index in [9.17, 15) is 9.59 Å². The average Bonchev–Trinajstić information content (AvgIpc) is 3.55. The number of ether oxygens (including phenoxy) is 2. The summed E-state index contributed by atoms with van der Waals surface area (Å²) in [5, 5.41) is 3.15. The molecule has 0 aromatic heterocycles. The highest BCUT2D eigenvalue weighted by Crippen LogP contribution is 2.71. The lowest BCUT2D eigenvalue weighted by molar-refractivity contribution is -0.273. The van der Waals surface area contributed by atoms with Crippen molar-refractivity contribution < 1.29 is 19.1 Å². The molecule has 8 fully saturated rings. The van der Waals surface area contributed by atoms with Crippen molar-refractivity contribution in [3.63, 3.8) is 0 Å². The van der Waals surface area contributed by atoms with Gasteiger partial charge < -0.3 is 24.6 Å². The lowest BCUT2D eigenvalue weighted by atomic mass is 9.44. The van der Waals surface area contributed by atoms with Gasteiger partial charge in [0.2, 0.25) is 11.8 Å². The number of nitrogens with zero attached hydrogens (tertiary/aromatic N) is 2. The monoisotopic (exact) mass is 680 g/mol. The van der Waals surface area contributed by atoms with Crippen LogP contribution in [0.25, 0.3) is 0 Å². The zero-order chi connectivity index (χ0) is 34.0. The fourth-order valence-electron chi connectivity index (χ4n) is 14.1. The summed E-state index contributed by atoms with van der Waals surface area (Å²) >= 11 is 0. The molecule has 1 spiro atoms. The zero-order valence-corrected chi connectivity index (χ0v) is 31.6. The molecule has 1 N–H and O–H groups in total. The number of fused-ring (bicyclic) bond motifs is 7. The Balaban J connectivity index is 0.793. The van der Waals surface area contributed by atoms with Gasteiger partial charge >= 0.3 is 0 Å². The van der Waals surface area contributed by atoms with Gasteiger partial charge in [-0.15, -0.1) is 0 Å². The highest BCUT2D eigenvalue weighted by atomic mass is 16.7. The quantitative estimate of drug-likeness (QED) is 0.296. The van der Waals surface area contributed by atoms with Crippen molar-refractivity contribution >= 4 is 11.8 Å². The largest absolute Gasteiger partial charge is 0.356 e. The average molecular weight is 680 g/mol. The van der Waals surface area contributed by atoms with E-state index < -0.39 is 0 Å². The van der Waals surface area contributed by atoms with Crippen LogP contribution in [-0.4, -0.2) is 78.9 Å². The number of hydrogen-bond acceptors (Lipinski definition) is 5. The Labute approximate surface area is 297 Å². The summed E-state index contributed by atoms with van der Waals surface area (Å²) in [5.41, 5.74) is 0.858. The lowest BCUT2D eigenvalue weighted by Crippen LogP contribution is -2.54. The van der Waals surface area contributed by atoms with Crippen LogP contribution in [0, 0.1) is 58.2 Å². The van der Waals surface area contributed by atoms with Crippen molar-refractivity contribution in [3.8, 4) is 0 Å². The van der Waals surface area contributed by atoms with Crippen LogP contribution in [0.4, 0.5) is 0 Å². The number of hydrogen-bond donors (Lipinski definition) is 1. The summed E-state index contributed by atoms with van der Waals surface area (Å²) in [4.78, 5) is 30.3. The van der Waals surface area contributed by atoms with Crippen molar-refractivity contribution in [2.75, 3.05) is 39.3 Å². The number of amides is 2. The van der Waals surface area contributed by atoms with Crippen LogP contribution in [-0.2, 0) is 19.1 Å². The van der Waals surface area contributed by atoms with Crippen LogP contribution >= 0.6 is 0 Å². The molecule has 0 aromatic carbocycles. The molecule has 2 amide bonds. The molecular weight excluding hydrogens is 610 g/mol. The molecule has 4 aliphatic heterocycles. The van der Waals surface area contributed by atoms with Crippen molar-refractivity contribution in [2.24, 2.45) is 58.2 Å². The van der Waals surface area contributed by atoms with Crippen LogP contribution in [0.2, 0.25) is 0 Å². The van der Waals surface area contributed by atoms with Gasteiger partial charge in [-0.2, -0.15) is 0 Å². The van der Waals surface area contributed by atoms with E-state index in [0.717, 1.165) is 75.6 Å². The van der Waals surface area contributed by atoms with Gasteiger partial charge in [0, 0.05) is 38.0 Å². The topological polar surface area (TPSA) is 71.1 Å². The van der Waals surface area contributed by atoms with E-state index in [2.05, 4.69) is 37.9 Å². The van der Waals surface area contributed by atoms with E-state index in [1.54, 1.807) is 0 Å². The number of piperidine rings is 2. The van der Waals surface area contributed by atoms with Crippen molar-refractivity contribution in [1.82, 2.24) is 15.1 Å². The molecule has 0 radical (unpaired) electrons. The number of rotatable bonds is 6. The second kappa shape index (κ2) is 13.7. The van der Waals surface area contributed by atoms with E-state index in [1.807, 2.05) is 4.90 Å². The normalized spacial score (nSPS) is 47.3. The van der Waals surface area contributed by atoms with Crippen LogP contribution in [0.1, 0.15) is 137 Å². The van der Waals surface area contributed by atoms with Gasteiger partial charge in [0.25, 0.3) is 0 Å². The van der Waals surface area contributed by atoms with Crippen molar-refractivity contribution in [3.05, 3.63) is 0 Å². The summed E-state index contributed by atoms with van der Waals surface area (Å²) in [7, 11) is 0. The number of nitrogens with one attached hydrogen (secondary N) is 1. The van der Waals surface area contributed by atoms with E-state index in [1.165, 1.54) is 90.1 Å². The lowest BCUT2D eigenvalue weighted by Gasteiger charge is -2.61. The summed E-state index contributed by atoms with van der Waals surface area (Å²) in [6.45, 7) is 15.8. The molecule has 4 saturated heterocycles. The van der Waals surface area contributed by atoms with E-state index in [-0.39, 0.29) is 24.0 Å². The molecule has 0 bridgehead atoms. The van der Waals surface area contributed by atoms with Crippen LogP contribution < -0.4 is 5.32 Å². The predicted molar refractivity (Wildman–Crippen MR) is 192 cm³/mol. The Hall–Kier alpha value is -1.18. The molecule has 4 saturated carbocycles. The molecule has 12 atom stereocenters. The Morgan fingerprint density at radius 2 is 1.59 bits per heavy atom. The fraction of sp³-hybridized carbons (Fsp3) is 0.952. The third-order valence-corrected chi connectivity index (χ3v) is 17.0. The highest BCUT2D eigenvalue weighted by Gasteiger charge is 2.69. The molecule has 1 unspecified atom stereocenters. The Morgan fingerprint density at radius 1 is 0.816 bits per heavy atom. The maximum absolute atomic E-state index is 12.9. The Morgan fingerprint density at radius 3 is 2.35 bits per heavy atom. The van der Waals surface area contributed by atoms with Gasteiger partial charge in [-0.1, -0.05) is 34.1 Å². The molecular formula is C42H69N3O4. The molecule has 8 rings (SSSR count). The first kappa shape index (κ1) is 34.9. The second-order valence-electron chi connectivity index (χ2n) is 19.3. The third kappa shape index (κ3) is 6.24. The summed E-state index contributed by atoms with van der Waals surface area (Å²) < 4.78 is 13.6. The summed E-state index contributed by atoms with van der Waals surface area (Å²) in [6.07, 6.45) is 20.7. The summed E-state index contributed by atoms with van der Waals surface area (Å²) in [6, 6.07) is 0.623. The molecule has 7 nitrogen and oxygen atoms in total. The van der Waals surface area contributed by atoms with E-state index >= 15 is 0 Å². The maximum atomic E-state index is 12.9. The number of likely N-dealkylation sites (tertiary alicyclic amines) is 2. The zero-order valence-electron chi connectivity index (χ0n) is 31.6. The summed E-state index contributed by atoms with van der Waals surface area (Å²) in [5.74, 6) is 5.46. The first-order valence-electron chi connectivity index (χ1n) is 21.2. The standard InChI is InChI=1S/C42H69N3O4/c1-28-10-18-42(48-27-28)29(2)39-36(49-42)25-35-33-9-8-31-24-30(11-16-40(31,3)34(33)12-17-41(35,39)4)13-19-43-37(46)26-38(47)45-22-14-32(15-23-45)44-20-6-5-7-21-44/h28-36,39H,5-27H2,1-4H3,(H,43,46)/t28-,29-,30?,31+,33+,34-,35-,36-,39-,40-,41-,42+/m0/s1. The molecule has 0 aromatic rings. The Bertz CT molecular complexity index is 1200. The SMILES string of the molecule is C[C@H]1CC[C@@]2(OC1)O[C@H]1C[C@H]3[C@@H]4CC[C@@H]5CC(CCNC(=O)CC(=O)N6CCC(N7CCCCC7)CC6)CC[C@]5(C)[C@H]4CC[C@]3(C)[C@H]1[C@@H]2C. The molecule has 4 aliphatic carbocycles. The minimum atomic E-state index is -0.312. The van der Waals surface area contributed by atoms with Gasteiger partial charge in [0.1, 0.15) is 6.42 Å². The van der Waals surface area contributed by atoms with E-state index in [4.69, 9.17) is 9.47 Å². The van der Waals surface area contributed by atoms with Crippen molar-refractivity contribution in [2.45, 2.75) is 155 Å². The molecule has 49 heavy (non-hydrogen) atoms. The maximum Gasteiger partial charge on any atom is 0.232 e. The van der Waals surface area contributed by atoms with Gasteiger partial charge in [-0.3, -0.25) is 9.59 Å². The van der Waals surface area contributed by atoms with Gasteiger partial charge in [-0.05, 0) is 155 Å². The van der Waals surface area contributed by atoms with Crippen LogP contribution in [0.15, 0.2) is 0 Å². The van der Waals surface area contributed by atoms with Gasteiger partial charge in [0.15, 0.2) is 5.79 Å². The van der Waals surface area contributed by atoms with Gasteiger partial charge in [-0.25, -0.2) is 0 Å². The molecule has 4 heterocycles. The molecule has 7 heteroatoms. The minimum absolute atomic E-state index is 0.0155. The van der Waals surface area contributed by atoms with Crippen LogP contribution in [0.5, 0.6) is 0 Å². The second-order valence-corrected chi connectivity index (χ2v) is 19.3. The highest BCUT2D eigenvalue weighted by molar-refractivity contribution is 5.96. The Kier molecular flexibility index (Phi) is 9.73. The minimum Gasteiger partial charge on any atom is -0.356 e. The van der Waals surface area contributed by atoms with Gasteiger partial charge in [0.05, 0.1) is 12.7 Å². The predicted octanol–water partition coefficient (Wildman–Crippen LogP) is 7.42. The number of carbonyl (C=O) groups excluding carboxylic acids is 2. The van der Waals surface area contributed by atoms with Crippen LogP contribution in [0.3, 0.4) is 0 Å². The fourth-order valence-corrected chi connectivity index (χ4v) is 14.1. The first-order valence-corrected chi connectivity index (χ1v) is 21.2. The van der Waals surface area contributed by atoms with Crippen molar-refractivity contribution in [1.29, 1.82) is 0 Å². The first-order chi connectivity index (χ1) is 23.6. The molecule has 8 aliphatic rings. The number of carbonyl (C=O) groups is 2. The third-order valence-electron chi connectivity index (χ3n) is 17.0. The molecule has 276 valence electrons. The smallest absolute Gasteiger partial charge is 0.232 e. The van der Waals surface area contributed by atoms with E-state index in [0.29, 0.717) is 46.6 Å².